The summed E-state index contributed by atoms with van der Waals surface area (Å²) in [5.74, 6) is -1.86. The monoisotopic (exact) mass is 343 g/mol. The number of nitrogens with zero attached hydrogens (tertiary/aromatic N) is 2. The van der Waals surface area contributed by atoms with E-state index in [1.54, 1.807) is 24.8 Å². The van der Waals surface area contributed by atoms with Crippen molar-refractivity contribution < 1.29 is 18.1 Å². The molecule has 5 nitrogen and oxygen atoms in total. The molecule has 0 unspecified atom stereocenters. The summed E-state index contributed by atoms with van der Waals surface area (Å²) in [4.78, 5) is 20.2. The number of hydrogen-bond acceptors (Lipinski definition) is 1. The number of amides is 1. The largest absolute Gasteiger partial charge is 0.356 e. The van der Waals surface area contributed by atoms with Gasteiger partial charge >= 0.3 is 0 Å². The lowest BCUT2D eigenvalue weighted by atomic mass is 10.2. The van der Waals surface area contributed by atoms with Gasteiger partial charge in [0.25, 0.3) is 5.91 Å². The molecule has 1 aromatic carbocycles. The van der Waals surface area contributed by atoms with Gasteiger partial charge in [0.05, 0.1) is 0 Å². The average molecular weight is 343 g/mol. The van der Waals surface area contributed by atoms with Gasteiger partial charge in [-0.3, -0.25) is 4.79 Å². The number of benzene rings is 1. The maximum absolute atomic E-state index is 14.1. The van der Waals surface area contributed by atoms with E-state index in [2.05, 4.69) is 9.97 Å². The van der Waals surface area contributed by atoms with Crippen molar-refractivity contribution in [2.45, 2.75) is 12.8 Å². The molecular formula is C18H17F2N4O+. The molecule has 7 heteroatoms. The van der Waals surface area contributed by atoms with E-state index in [-0.39, 0.29) is 11.6 Å². The molecule has 1 saturated heterocycles. The van der Waals surface area contributed by atoms with Crippen molar-refractivity contribution in [3.63, 3.8) is 0 Å². The Kier molecular flexibility index (Phi) is 3.83. The third-order valence-electron chi connectivity index (χ3n) is 4.48. The molecule has 1 aliphatic rings. The zero-order valence-corrected chi connectivity index (χ0v) is 13.4. The number of halogens is 2. The summed E-state index contributed by atoms with van der Waals surface area (Å²) in [7, 11) is 0. The number of aromatic nitrogens is 3. The molecule has 0 aliphatic carbocycles. The normalized spacial score (nSPS) is 14.2. The highest BCUT2D eigenvalue weighted by Gasteiger charge is 2.24. The molecule has 0 radical (unpaired) electrons. The van der Waals surface area contributed by atoms with Crippen LogP contribution in [0.1, 0.15) is 23.3 Å². The predicted molar refractivity (Wildman–Crippen MR) is 87.2 cm³/mol. The molecule has 0 atom stereocenters. The lowest BCUT2D eigenvalue weighted by molar-refractivity contribution is -0.584. The fraction of sp³-hybridized carbons (Fsp3) is 0.222. The number of H-pyrrole nitrogens is 2. The van der Waals surface area contributed by atoms with E-state index in [0.717, 1.165) is 32.0 Å². The highest BCUT2D eigenvalue weighted by Crippen LogP contribution is 2.21. The highest BCUT2D eigenvalue weighted by molar-refractivity contribution is 5.93. The first-order valence-electron chi connectivity index (χ1n) is 8.16. The predicted octanol–water partition coefficient (Wildman–Crippen LogP) is 2.80. The van der Waals surface area contributed by atoms with Crippen LogP contribution >= 0.6 is 0 Å². The highest BCUT2D eigenvalue weighted by atomic mass is 19.2. The first-order valence-corrected chi connectivity index (χ1v) is 8.16. The number of rotatable bonds is 3. The standard InChI is InChI=1S/C18H16F2N4O/c19-13-4-3-5-15(17(13)20)24-11-21-10-16(24)12-8-14(22-9-12)18(25)23-6-1-2-7-23/h3-5,8-11H,1-2,6-7H2,(H,22,25)/p+1. The van der Waals surface area contributed by atoms with Crippen LogP contribution in [0, 0.1) is 11.6 Å². The van der Waals surface area contributed by atoms with Crippen LogP contribution in [0.4, 0.5) is 8.78 Å². The second-order valence-corrected chi connectivity index (χ2v) is 6.07. The molecule has 1 aliphatic heterocycles. The molecule has 2 aromatic heterocycles. The minimum atomic E-state index is -0.919. The second-order valence-electron chi connectivity index (χ2n) is 6.07. The zero-order valence-electron chi connectivity index (χ0n) is 13.4. The smallest absolute Gasteiger partial charge is 0.270 e. The van der Waals surface area contributed by atoms with Crippen molar-refractivity contribution in [2.24, 2.45) is 0 Å². The maximum Gasteiger partial charge on any atom is 0.270 e. The van der Waals surface area contributed by atoms with E-state index in [1.165, 1.54) is 16.7 Å². The molecule has 128 valence electrons. The van der Waals surface area contributed by atoms with Gasteiger partial charge in [-0.15, -0.1) is 0 Å². The number of likely N-dealkylation sites (tertiary alicyclic amines) is 1. The Hall–Kier alpha value is -2.96. The lowest BCUT2D eigenvalue weighted by Crippen LogP contribution is -2.32. The van der Waals surface area contributed by atoms with Crippen LogP contribution in [0.3, 0.4) is 0 Å². The minimum Gasteiger partial charge on any atom is -0.356 e. The van der Waals surface area contributed by atoms with E-state index in [1.807, 2.05) is 4.90 Å². The van der Waals surface area contributed by atoms with Crippen LogP contribution in [-0.4, -0.2) is 33.9 Å². The Labute approximate surface area is 142 Å². The van der Waals surface area contributed by atoms with Crippen molar-refractivity contribution in [3.8, 4) is 16.9 Å². The molecular weight excluding hydrogens is 326 g/mol. The van der Waals surface area contributed by atoms with Crippen molar-refractivity contribution in [3.05, 3.63) is 60.3 Å². The topological polar surface area (TPSA) is 55.8 Å². The van der Waals surface area contributed by atoms with E-state index in [0.29, 0.717) is 17.0 Å². The van der Waals surface area contributed by atoms with Crippen molar-refractivity contribution in [2.75, 3.05) is 13.1 Å². The Balaban J connectivity index is 1.69. The fourth-order valence-electron chi connectivity index (χ4n) is 3.19. The van der Waals surface area contributed by atoms with Gasteiger partial charge in [-0.1, -0.05) is 6.07 Å². The number of imidazole rings is 1. The molecule has 25 heavy (non-hydrogen) atoms. The van der Waals surface area contributed by atoms with E-state index < -0.39 is 11.6 Å². The number of carbonyl (C=O) groups excluding carboxylic acids is 1. The van der Waals surface area contributed by atoms with Gasteiger partial charge in [0.1, 0.15) is 11.9 Å². The van der Waals surface area contributed by atoms with Crippen LogP contribution in [0.5, 0.6) is 0 Å². The molecule has 0 bridgehead atoms. The number of hydrogen-bond donors (Lipinski definition) is 2. The van der Waals surface area contributed by atoms with Gasteiger partial charge in [0, 0.05) is 24.8 Å². The van der Waals surface area contributed by atoms with Crippen LogP contribution in [0.15, 0.2) is 43.0 Å². The van der Waals surface area contributed by atoms with E-state index in [4.69, 9.17) is 0 Å². The summed E-state index contributed by atoms with van der Waals surface area (Å²) < 4.78 is 29.2. The Morgan fingerprint density at radius 1 is 1.16 bits per heavy atom. The molecule has 3 heterocycles. The van der Waals surface area contributed by atoms with Crippen LogP contribution in [0.25, 0.3) is 16.9 Å². The Bertz CT molecular complexity index is 925. The first-order chi connectivity index (χ1) is 12.1. The molecule has 2 N–H and O–H groups in total. The quantitative estimate of drug-likeness (QED) is 0.706. The first kappa shape index (κ1) is 15.6. The van der Waals surface area contributed by atoms with Gasteiger partial charge < -0.3 is 9.88 Å². The van der Waals surface area contributed by atoms with Gasteiger partial charge in [-0.05, 0) is 31.0 Å². The van der Waals surface area contributed by atoms with Gasteiger partial charge in [-0.2, -0.15) is 8.96 Å². The Morgan fingerprint density at radius 2 is 1.96 bits per heavy atom. The second kappa shape index (κ2) is 6.16. The van der Waals surface area contributed by atoms with Crippen molar-refractivity contribution in [1.29, 1.82) is 0 Å². The van der Waals surface area contributed by atoms with Crippen molar-refractivity contribution in [1.82, 2.24) is 14.9 Å². The van der Waals surface area contributed by atoms with Crippen molar-refractivity contribution >= 4 is 5.91 Å². The number of aromatic amines is 2. The van der Waals surface area contributed by atoms with Gasteiger partial charge in [0.15, 0.2) is 17.2 Å². The SMILES string of the molecule is O=C(c1cc(-c2c[nH]c[n+]2-c2cccc(F)c2F)c[nH]1)N1CCCC1. The van der Waals surface area contributed by atoms with Gasteiger partial charge in [0.2, 0.25) is 12.1 Å². The summed E-state index contributed by atoms with van der Waals surface area (Å²) in [6, 6.07) is 5.77. The molecule has 1 fully saturated rings. The number of carbonyl (C=O) groups is 1. The summed E-state index contributed by atoms with van der Waals surface area (Å²) in [6.45, 7) is 1.54. The summed E-state index contributed by atoms with van der Waals surface area (Å²) in [5.41, 5.74) is 1.93. The Morgan fingerprint density at radius 3 is 2.76 bits per heavy atom. The average Bonchev–Trinajstić information content (AvgIpc) is 3.37. The van der Waals surface area contributed by atoms with Gasteiger partial charge in [-0.25, -0.2) is 9.37 Å². The lowest BCUT2D eigenvalue weighted by Gasteiger charge is -2.13. The third-order valence-corrected chi connectivity index (χ3v) is 4.48. The minimum absolute atomic E-state index is 0.0391. The molecule has 1 amide bonds. The maximum atomic E-state index is 14.1. The van der Waals surface area contributed by atoms with E-state index in [9.17, 15) is 13.6 Å². The van der Waals surface area contributed by atoms with Crippen LogP contribution < -0.4 is 4.57 Å². The van der Waals surface area contributed by atoms with Crippen LogP contribution in [-0.2, 0) is 0 Å². The summed E-state index contributed by atoms with van der Waals surface area (Å²) in [5, 5.41) is 0. The molecule has 0 saturated carbocycles. The number of nitrogens with one attached hydrogen (secondary N) is 2. The zero-order chi connectivity index (χ0) is 17.4. The molecule has 4 rings (SSSR count). The summed E-state index contributed by atoms with van der Waals surface area (Å²) >= 11 is 0. The van der Waals surface area contributed by atoms with E-state index >= 15 is 0 Å². The fourth-order valence-corrected chi connectivity index (χ4v) is 3.19. The molecule has 0 spiro atoms. The summed E-state index contributed by atoms with van der Waals surface area (Å²) in [6.07, 6.45) is 6.96. The third kappa shape index (κ3) is 2.71. The van der Waals surface area contributed by atoms with Crippen LogP contribution in [0.2, 0.25) is 0 Å². The molecule has 3 aromatic rings.